The molecule has 0 aliphatic heterocycles. The molecule has 0 saturated heterocycles. The first-order valence-electron chi connectivity index (χ1n) is 10.3. The number of quaternary nitrogens is 1. The number of nitrogens with two attached hydrogens (primary N) is 1. The minimum atomic E-state index is 0. The normalized spacial score (nSPS) is 11.8. The third-order valence-corrected chi connectivity index (χ3v) is 5.37. The van der Waals surface area contributed by atoms with Gasteiger partial charge in [0.15, 0.2) is 0 Å². The lowest BCUT2D eigenvalue weighted by Gasteiger charge is -2.36. The fraction of sp³-hybridized carbons (Fsp3) is 0.500. The van der Waals surface area contributed by atoms with Gasteiger partial charge in [-0.1, -0.05) is 24.3 Å². The number of methoxy groups -OCH3 is 2. The molecule has 1 unspecified atom stereocenters. The molecule has 0 aliphatic rings. The number of hydrogen-bond acceptors (Lipinski definition) is 3. The molecule has 2 N–H and O–H groups in total. The van der Waals surface area contributed by atoms with Crippen LogP contribution in [0.4, 0.5) is 0 Å². The second-order valence-corrected chi connectivity index (χ2v) is 8.13. The van der Waals surface area contributed by atoms with Gasteiger partial charge in [-0.3, -0.25) is 0 Å². The van der Waals surface area contributed by atoms with E-state index in [4.69, 9.17) is 15.2 Å². The Labute approximate surface area is 195 Å². The Morgan fingerprint density at radius 3 is 1.47 bits per heavy atom. The number of benzene rings is 2. The van der Waals surface area contributed by atoms with Gasteiger partial charge in [0.1, 0.15) is 11.5 Å². The summed E-state index contributed by atoms with van der Waals surface area (Å²) in [5.74, 6) is 1.83. The highest BCUT2D eigenvalue weighted by molar-refractivity contribution is 5.85. The average Bonchev–Trinajstić information content (AvgIpc) is 2.68. The fourth-order valence-corrected chi connectivity index (χ4v) is 3.90. The van der Waals surface area contributed by atoms with Gasteiger partial charge in [-0.25, -0.2) is 0 Å². The highest BCUT2D eigenvalue weighted by Crippen LogP contribution is 2.16. The molecule has 6 heteroatoms. The van der Waals surface area contributed by atoms with E-state index >= 15 is 0 Å². The molecule has 0 amide bonds. The van der Waals surface area contributed by atoms with E-state index in [2.05, 4.69) is 38.2 Å². The van der Waals surface area contributed by atoms with Gasteiger partial charge in [-0.2, -0.15) is 0 Å². The van der Waals surface area contributed by atoms with E-state index in [1.807, 2.05) is 24.3 Å². The van der Waals surface area contributed by atoms with Crippen molar-refractivity contribution in [3.8, 4) is 11.5 Å². The molecule has 2 aromatic rings. The second-order valence-electron chi connectivity index (χ2n) is 8.13. The summed E-state index contributed by atoms with van der Waals surface area (Å²) in [4.78, 5) is 0. The third-order valence-electron chi connectivity index (χ3n) is 5.37. The standard InChI is InChI=1S/C24H37N2O2.2ClH/c1-20(25)19-26(2,17-5-7-21-9-13-23(27-3)14-10-21)18-6-8-22-11-15-24(28-4)16-12-22;;/h9-16,20H,5-8,17-19,25H2,1-4H3;2*1H/q+1;;/p-1. The van der Waals surface area contributed by atoms with E-state index in [1.54, 1.807) is 14.2 Å². The maximum Gasteiger partial charge on any atom is 0.118 e. The van der Waals surface area contributed by atoms with E-state index < -0.39 is 0 Å². The molecule has 0 fully saturated rings. The SMILES string of the molecule is COc1ccc(CCC[N+](C)(CCCc2ccc(OC)cc2)CC(C)N)cc1.Cl.[Cl-]. The molecule has 0 aliphatic carbocycles. The molecule has 1 atom stereocenters. The van der Waals surface area contributed by atoms with Crippen LogP contribution in [-0.2, 0) is 12.8 Å². The molecule has 0 heterocycles. The largest absolute Gasteiger partial charge is 1.00 e. The average molecular weight is 457 g/mol. The van der Waals surface area contributed by atoms with Gasteiger partial charge in [0.25, 0.3) is 0 Å². The van der Waals surface area contributed by atoms with Crippen LogP contribution >= 0.6 is 12.4 Å². The Balaban J connectivity index is 0.00000420. The quantitative estimate of drug-likeness (QED) is 0.492. The van der Waals surface area contributed by atoms with Crippen LogP contribution in [0.15, 0.2) is 48.5 Å². The molecule has 0 bridgehead atoms. The molecule has 2 rings (SSSR count). The minimum absolute atomic E-state index is 0. The number of rotatable bonds is 12. The predicted molar refractivity (Wildman–Crippen MR) is 124 cm³/mol. The topological polar surface area (TPSA) is 44.5 Å². The Hall–Kier alpha value is -1.46. The van der Waals surface area contributed by atoms with E-state index in [-0.39, 0.29) is 30.9 Å². The number of halogens is 2. The first-order chi connectivity index (χ1) is 13.4. The maximum atomic E-state index is 6.16. The van der Waals surface area contributed by atoms with Gasteiger partial charge in [-0.15, -0.1) is 12.4 Å². The zero-order chi connectivity index (χ0) is 20.4. The van der Waals surface area contributed by atoms with Gasteiger partial charge in [0.05, 0.1) is 46.9 Å². The first-order valence-corrected chi connectivity index (χ1v) is 10.3. The fourth-order valence-electron chi connectivity index (χ4n) is 3.90. The van der Waals surface area contributed by atoms with Crippen LogP contribution in [0, 0.1) is 0 Å². The second kappa shape index (κ2) is 14.5. The van der Waals surface area contributed by atoms with Crippen molar-refractivity contribution in [2.45, 2.75) is 38.6 Å². The maximum absolute atomic E-state index is 6.16. The zero-order valence-corrected chi connectivity index (χ0v) is 20.3. The molecule has 4 nitrogen and oxygen atoms in total. The first kappa shape index (κ1) is 28.5. The van der Waals surface area contributed by atoms with Gasteiger partial charge >= 0.3 is 0 Å². The van der Waals surface area contributed by atoms with E-state index in [9.17, 15) is 0 Å². The lowest BCUT2D eigenvalue weighted by atomic mass is 10.1. The van der Waals surface area contributed by atoms with Gasteiger partial charge in [0, 0.05) is 12.8 Å². The summed E-state index contributed by atoms with van der Waals surface area (Å²) in [5.41, 5.74) is 8.90. The number of likely N-dealkylation sites (N-methyl/N-ethyl adjacent to an activating group) is 1. The number of aryl methyl sites for hydroxylation is 2. The van der Waals surface area contributed by atoms with Gasteiger partial charge in [-0.05, 0) is 55.2 Å². The summed E-state index contributed by atoms with van der Waals surface area (Å²) in [6.45, 7) is 5.43. The van der Waals surface area contributed by atoms with Crippen LogP contribution in [0.25, 0.3) is 0 Å². The Morgan fingerprint density at radius 1 is 0.800 bits per heavy atom. The van der Waals surface area contributed by atoms with E-state index in [0.29, 0.717) is 0 Å². The Bertz CT molecular complexity index is 638. The van der Waals surface area contributed by atoms with Crippen molar-refractivity contribution in [3.05, 3.63) is 59.7 Å². The summed E-state index contributed by atoms with van der Waals surface area (Å²) < 4.78 is 11.5. The van der Waals surface area contributed by atoms with Crippen molar-refractivity contribution in [2.75, 3.05) is 40.9 Å². The summed E-state index contributed by atoms with van der Waals surface area (Å²) in [5, 5.41) is 0. The molecular formula is C24H38Cl2N2O2. The lowest BCUT2D eigenvalue weighted by Crippen LogP contribution is -3.00. The Morgan fingerprint density at radius 2 is 1.17 bits per heavy atom. The molecule has 0 spiro atoms. The molecule has 0 aromatic heterocycles. The smallest absolute Gasteiger partial charge is 0.118 e. The monoisotopic (exact) mass is 456 g/mol. The minimum Gasteiger partial charge on any atom is -1.00 e. The predicted octanol–water partition coefficient (Wildman–Crippen LogP) is 1.49. The summed E-state index contributed by atoms with van der Waals surface area (Å²) in [6.07, 6.45) is 4.51. The summed E-state index contributed by atoms with van der Waals surface area (Å²) >= 11 is 0. The van der Waals surface area contributed by atoms with Crippen molar-refractivity contribution in [1.82, 2.24) is 0 Å². The van der Waals surface area contributed by atoms with E-state index in [1.165, 1.54) is 11.1 Å². The van der Waals surface area contributed by atoms with Crippen LogP contribution < -0.4 is 27.6 Å². The molecule has 170 valence electrons. The van der Waals surface area contributed by atoms with Crippen molar-refractivity contribution in [1.29, 1.82) is 0 Å². The lowest BCUT2D eigenvalue weighted by molar-refractivity contribution is -0.910. The van der Waals surface area contributed by atoms with Crippen LogP contribution in [0.5, 0.6) is 11.5 Å². The molecule has 0 radical (unpaired) electrons. The zero-order valence-electron chi connectivity index (χ0n) is 18.8. The number of ether oxygens (including phenoxy) is 2. The summed E-state index contributed by atoms with van der Waals surface area (Å²) in [6, 6.07) is 17.0. The van der Waals surface area contributed by atoms with Crippen molar-refractivity contribution in [3.63, 3.8) is 0 Å². The van der Waals surface area contributed by atoms with Crippen LogP contribution in [-0.4, -0.2) is 51.4 Å². The van der Waals surface area contributed by atoms with Crippen molar-refractivity contribution in [2.24, 2.45) is 5.73 Å². The van der Waals surface area contributed by atoms with E-state index in [0.717, 1.165) is 61.3 Å². The van der Waals surface area contributed by atoms with Crippen LogP contribution in [0.1, 0.15) is 30.9 Å². The third kappa shape index (κ3) is 10.0. The van der Waals surface area contributed by atoms with Crippen LogP contribution in [0.2, 0.25) is 0 Å². The highest BCUT2D eigenvalue weighted by Gasteiger charge is 2.22. The van der Waals surface area contributed by atoms with Gasteiger partial charge < -0.3 is 32.1 Å². The molecule has 30 heavy (non-hydrogen) atoms. The summed E-state index contributed by atoms with van der Waals surface area (Å²) in [7, 11) is 5.76. The molecule has 2 aromatic carbocycles. The molecule has 0 saturated carbocycles. The highest BCUT2D eigenvalue weighted by atomic mass is 35.5. The van der Waals surface area contributed by atoms with Crippen molar-refractivity contribution < 1.29 is 26.4 Å². The Kier molecular flexibility index (Phi) is 13.8. The van der Waals surface area contributed by atoms with Crippen molar-refractivity contribution >= 4 is 12.4 Å². The number of hydrogen-bond donors (Lipinski definition) is 1. The van der Waals surface area contributed by atoms with Gasteiger partial charge in [0.2, 0.25) is 0 Å². The number of nitrogens with zero attached hydrogens (tertiary/aromatic N) is 1. The van der Waals surface area contributed by atoms with Crippen LogP contribution in [0.3, 0.4) is 0 Å². The molecular weight excluding hydrogens is 419 g/mol.